The largest absolute Gasteiger partial charge is 1.00 e. The average Bonchev–Trinajstić information content (AvgIpc) is 2.61. The minimum absolute atomic E-state index is 0. The van der Waals surface area contributed by atoms with Crippen molar-refractivity contribution in [2.75, 3.05) is 20.6 Å². The van der Waals surface area contributed by atoms with Crippen molar-refractivity contribution < 1.29 is 31.7 Å². The maximum atomic E-state index is 9.19. The lowest BCUT2D eigenvalue weighted by molar-refractivity contribution is -0.858. The Balaban J connectivity index is 0. The maximum Gasteiger partial charge on any atom is 0.492 e. The molecule has 0 fully saturated rings. The van der Waals surface area contributed by atoms with Gasteiger partial charge >= 0.3 is 8.80 Å². The van der Waals surface area contributed by atoms with Crippen molar-refractivity contribution in [3.05, 3.63) is 0 Å². The van der Waals surface area contributed by atoms with Gasteiger partial charge in [0, 0.05) is 6.04 Å². The van der Waals surface area contributed by atoms with Crippen LogP contribution in [0.3, 0.4) is 0 Å². The number of unbranched alkanes of at least 4 members (excludes halogenated alkanes) is 12. The number of hydrogen-bond acceptors (Lipinski definition) is 3. The Morgan fingerprint density at radius 2 is 1.03 bits per heavy atom. The summed E-state index contributed by atoms with van der Waals surface area (Å²) in [7, 11) is 0.534. The zero-order valence-corrected chi connectivity index (χ0v) is 21.5. The van der Waals surface area contributed by atoms with Gasteiger partial charge in [-0.1, -0.05) is 103 Å². The first kappa shape index (κ1) is 31.5. The van der Waals surface area contributed by atoms with Crippen molar-refractivity contribution in [2.24, 2.45) is 5.92 Å². The molecule has 178 valence electrons. The first-order valence-electron chi connectivity index (χ1n) is 12.3. The molecule has 1 atom stereocenters. The van der Waals surface area contributed by atoms with Gasteiger partial charge < -0.3 is 31.7 Å². The minimum Gasteiger partial charge on any atom is -1.00 e. The maximum absolute atomic E-state index is 9.19. The first-order valence-corrected chi connectivity index (χ1v) is 14.4. The predicted molar refractivity (Wildman–Crippen MR) is 123 cm³/mol. The smallest absolute Gasteiger partial charge is 0.492 e. The SMILES string of the molecule is CCCCCCCCCCCCCCCC(CCC[Si](O)(O)O)CC[NH+](C)C.[Cl-]. The molecule has 0 saturated heterocycles. The fourth-order valence-corrected chi connectivity index (χ4v) is 4.68. The third kappa shape index (κ3) is 26.3. The Kier molecular flexibility index (Phi) is 23.5. The van der Waals surface area contributed by atoms with Crippen molar-refractivity contribution in [1.82, 2.24) is 0 Å². The molecule has 0 rings (SSSR count). The normalized spacial score (nSPS) is 12.9. The van der Waals surface area contributed by atoms with Crippen molar-refractivity contribution in [2.45, 2.75) is 122 Å². The van der Waals surface area contributed by atoms with Gasteiger partial charge in [-0.3, -0.25) is 0 Å². The van der Waals surface area contributed by atoms with Crippen LogP contribution in [0.5, 0.6) is 0 Å². The number of rotatable bonds is 21. The predicted octanol–water partition coefficient (Wildman–Crippen LogP) is 1.32. The molecule has 0 bridgehead atoms. The van der Waals surface area contributed by atoms with Crippen LogP contribution in [0.1, 0.15) is 116 Å². The quantitative estimate of drug-likeness (QED) is 0.156. The van der Waals surface area contributed by atoms with Crippen LogP contribution in [0, 0.1) is 5.92 Å². The summed E-state index contributed by atoms with van der Waals surface area (Å²) in [6.07, 6.45) is 22.3. The van der Waals surface area contributed by atoms with Gasteiger partial charge in [0.2, 0.25) is 0 Å². The van der Waals surface area contributed by atoms with Crippen LogP contribution in [-0.2, 0) is 0 Å². The molecular weight excluding hydrogens is 402 g/mol. The van der Waals surface area contributed by atoms with E-state index in [0.29, 0.717) is 5.92 Å². The number of halogens is 1. The molecule has 1 unspecified atom stereocenters. The lowest BCUT2D eigenvalue weighted by Crippen LogP contribution is -3.05. The first-order chi connectivity index (χ1) is 13.3. The van der Waals surface area contributed by atoms with Gasteiger partial charge in [0.05, 0.1) is 20.6 Å². The van der Waals surface area contributed by atoms with Crippen LogP contribution in [0.2, 0.25) is 6.04 Å². The van der Waals surface area contributed by atoms with E-state index in [0.717, 1.165) is 12.8 Å². The topological polar surface area (TPSA) is 65.1 Å². The van der Waals surface area contributed by atoms with E-state index in [9.17, 15) is 14.4 Å². The van der Waals surface area contributed by atoms with E-state index in [2.05, 4.69) is 21.0 Å². The molecule has 4 nitrogen and oxygen atoms in total. The molecule has 0 spiro atoms. The average molecular weight is 454 g/mol. The van der Waals surface area contributed by atoms with Crippen LogP contribution in [0.15, 0.2) is 0 Å². The van der Waals surface area contributed by atoms with Gasteiger partial charge in [-0.15, -0.1) is 0 Å². The van der Waals surface area contributed by atoms with E-state index in [1.807, 2.05) is 0 Å². The Hall–Kier alpha value is 0.347. The molecular formula is C23H52ClNO3Si. The summed E-state index contributed by atoms with van der Waals surface area (Å²) in [5, 5.41) is 0. The highest BCUT2D eigenvalue weighted by Crippen LogP contribution is 2.22. The summed E-state index contributed by atoms with van der Waals surface area (Å²) in [6, 6.07) is 0.191. The molecule has 0 radical (unpaired) electrons. The molecule has 0 saturated carbocycles. The third-order valence-corrected chi connectivity index (χ3v) is 6.92. The molecule has 0 aromatic rings. The van der Waals surface area contributed by atoms with Crippen molar-refractivity contribution in [3.63, 3.8) is 0 Å². The molecule has 29 heavy (non-hydrogen) atoms. The lowest BCUT2D eigenvalue weighted by atomic mass is 9.92. The summed E-state index contributed by atoms with van der Waals surface area (Å²) < 4.78 is 0. The minimum atomic E-state index is -3.85. The summed E-state index contributed by atoms with van der Waals surface area (Å²) in [5.74, 6) is 0.666. The van der Waals surface area contributed by atoms with Gasteiger partial charge in [-0.05, 0) is 18.8 Å². The standard InChI is InChI=1S/C23H51NO3Si.ClH/c1-4-5-6-7-8-9-10-11-12-13-14-15-16-18-23(20-21-24(2)3)19-17-22-28(25,26)27;/h23,25-27H,4-22H2,1-3H3;1H. The summed E-state index contributed by atoms with van der Waals surface area (Å²) in [5.41, 5.74) is 0. The van der Waals surface area contributed by atoms with Crippen molar-refractivity contribution >= 4 is 8.80 Å². The lowest BCUT2D eigenvalue weighted by Gasteiger charge is -2.19. The van der Waals surface area contributed by atoms with E-state index >= 15 is 0 Å². The van der Waals surface area contributed by atoms with Crippen molar-refractivity contribution in [1.29, 1.82) is 0 Å². The van der Waals surface area contributed by atoms with E-state index in [-0.39, 0.29) is 18.5 Å². The van der Waals surface area contributed by atoms with Crippen LogP contribution >= 0.6 is 0 Å². The van der Waals surface area contributed by atoms with Crippen LogP contribution in [0.25, 0.3) is 0 Å². The molecule has 0 aliphatic carbocycles. The fraction of sp³-hybridized carbons (Fsp3) is 1.00. The molecule has 4 N–H and O–H groups in total. The van der Waals surface area contributed by atoms with Gasteiger partial charge in [0.15, 0.2) is 0 Å². The monoisotopic (exact) mass is 453 g/mol. The molecule has 0 aromatic heterocycles. The highest BCUT2D eigenvalue weighted by molar-refractivity contribution is 6.56. The van der Waals surface area contributed by atoms with Gasteiger partial charge in [-0.2, -0.15) is 0 Å². The summed E-state index contributed by atoms with van der Waals surface area (Å²) in [4.78, 5) is 29.1. The number of quaternary nitrogens is 1. The Morgan fingerprint density at radius 1 is 0.621 bits per heavy atom. The molecule has 0 aromatic carbocycles. The molecule has 0 aliphatic heterocycles. The van der Waals surface area contributed by atoms with Crippen LogP contribution in [0.4, 0.5) is 0 Å². The molecule has 6 heteroatoms. The number of nitrogens with one attached hydrogen (secondary N) is 1. The fourth-order valence-electron chi connectivity index (χ4n) is 4.00. The second-order valence-corrected chi connectivity index (χ2v) is 11.4. The van der Waals surface area contributed by atoms with E-state index in [1.165, 1.54) is 108 Å². The highest BCUT2D eigenvalue weighted by Gasteiger charge is 2.26. The third-order valence-electron chi connectivity index (χ3n) is 5.89. The Bertz CT molecular complexity index is 328. The molecule has 0 heterocycles. The second-order valence-electron chi connectivity index (χ2n) is 9.31. The van der Waals surface area contributed by atoms with Gasteiger partial charge in [0.1, 0.15) is 0 Å². The number of hydrogen-bond donors (Lipinski definition) is 4. The van der Waals surface area contributed by atoms with E-state index in [1.54, 1.807) is 0 Å². The van der Waals surface area contributed by atoms with Gasteiger partial charge in [0.25, 0.3) is 0 Å². The summed E-state index contributed by atoms with van der Waals surface area (Å²) in [6.45, 7) is 3.45. The molecule has 0 amide bonds. The zero-order chi connectivity index (χ0) is 21.1. The second kappa shape index (κ2) is 21.6. The zero-order valence-electron chi connectivity index (χ0n) is 19.7. The van der Waals surface area contributed by atoms with Crippen molar-refractivity contribution in [3.8, 4) is 0 Å². The highest BCUT2D eigenvalue weighted by atomic mass is 35.5. The van der Waals surface area contributed by atoms with E-state index < -0.39 is 8.80 Å². The van der Waals surface area contributed by atoms with E-state index in [4.69, 9.17) is 0 Å². The summed E-state index contributed by atoms with van der Waals surface area (Å²) >= 11 is 0. The molecule has 0 aliphatic rings. The Morgan fingerprint density at radius 3 is 1.45 bits per heavy atom. The Labute approximate surface area is 189 Å². The van der Waals surface area contributed by atoms with Gasteiger partial charge in [-0.25, -0.2) is 0 Å². The van der Waals surface area contributed by atoms with Crippen LogP contribution < -0.4 is 17.3 Å². The van der Waals surface area contributed by atoms with Crippen LogP contribution in [-0.4, -0.2) is 43.8 Å².